The number of hydrogen-bond donors (Lipinski definition) is 2. The molecule has 0 saturated heterocycles. The van der Waals surface area contributed by atoms with Crippen molar-refractivity contribution in [3.63, 3.8) is 0 Å². The Morgan fingerprint density at radius 3 is 2.57 bits per heavy atom. The van der Waals surface area contributed by atoms with Crippen LogP contribution in [0.3, 0.4) is 0 Å². The van der Waals surface area contributed by atoms with Gasteiger partial charge in [-0.05, 0) is 62.1 Å². The van der Waals surface area contributed by atoms with Crippen molar-refractivity contribution in [2.24, 2.45) is 0 Å². The number of carbonyl (C=O) groups is 2. The van der Waals surface area contributed by atoms with E-state index in [0.717, 1.165) is 36.9 Å². The molecule has 2 amide bonds. The lowest BCUT2D eigenvalue weighted by Crippen LogP contribution is -2.23. The van der Waals surface area contributed by atoms with Gasteiger partial charge in [0.1, 0.15) is 11.5 Å². The third-order valence-electron chi connectivity index (χ3n) is 5.17. The second-order valence-electron chi connectivity index (χ2n) is 7.28. The monoisotopic (exact) mass is 406 g/mol. The highest BCUT2D eigenvalue weighted by molar-refractivity contribution is 6.04. The molecule has 0 fully saturated rings. The Labute approximate surface area is 174 Å². The van der Waals surface area contributed by atoms with E-state index in [2.05, 4.69) is 15.7 Å². The van der Waals surface area contributed by atoms with Gasteiger partial charge in [0.2, 0.25) is 0 Å². The maximum absolute atomic E-state index is 14.3. The molecule has 0 spiro atoms. The fraction of sp³-hybridized carbons (Fsp3) is 0.261. The van der Waals surface area contributed by atoms with Crippen LogP contribution in [-0.2, 0) is 12.8 Å². The molecule has 0 unspecified atom stereocenters. The smallest absolute Gasteiger partial charge is 0.276 e. The number of hydrogen-bond acceptors (Lipinski definition) is 3. The molecule has 2 aromatic carbocycles. The second kappa shape index (κ2) is 8.49. The Morgan fingerprint density at radius 1 is 1.07 bits per heavy atom. The first kappa shape index (κ1) is 19.8. The molecule has 1 aromatic heterocycles. The van der Waals surface area contributed by atoms with Crippen molar-refractivity contribution in [2.75, 3.05) is 11.9 Å². The van der Waals surface area contributed by atoms with Crippen LogP contribution in [-0.4, -0.2) is 28.1 Å². The van der Waals surface area contributed by atoms with Crippen LogP contribution < -0.4 is 10.6 Å². The predicted octanol–water partition coefficient (Wildman–Crippen LogP) is 3.89. The van der Waals surface area contributed by atoms with Crippen molar-refractivity contribution >= 4 is 17.5 Å². The van der Waals surface area contributed by atoms with E-state index in [-0.39, 0.29) is 17.6 Å². The molecule has 7 heteroatoms. The lowest BCUT2D eigenvalue weighted by molar-refractivity contribution is 0.0953. The summed E-state index contributed by atoms with van der Waals surface area (Å²) in [7, 11) is 0. The summed E-state index contributed by atoms with van der Waals surface area (Å²) >= 11 is 0. The third kappa shape index (κ3) is 3.83. The topological polar surface area (TPSA) is 76.0 Å². The van der Waals surface area contributed by atoms with Gasteiger partial charge in [0, 0.05) is 29.1 Å². The number of benzene rings is 2. The summed E-state index contributed by atoms with van der Waals surface area (Å²) in [5, 5.41) is 10.1. The third-order valence-corrected chi connectivity index (χ3v) is 5.17. The van der Waals surface area contributed by atoms with Gasteiger partial charge < -0.3 is 10.6 Å². The largest absolute Gasteiger partial charge is 0.352 e. The molecule has 1 aliphatic rings. The van der Waals surface area contributed by atoms with Crippen molar-refractivity contribution < 1.29 is 14.0 Å². The first-order valence-corrected chi connectivity index (χ1v) is 10.1. The summed E-state index contributed by atoms with van der Waals surface area (Å²) in [5.74, 6) is -0.860. The number of nitrogens with one attached hydrogen (secondary N) is 2. The summed E-state index contributed by atoms with van der Waals surface area (Å²) in [6.45, 7) is 2.61. The summed E-state index contributed by atoms with van der Waals surface area (Å²) in [6, 6.07) is 13.1. The summed E-state index contributed by atoms with van der Waals surface area (Å²) < 4.78 is 15.8. The highest BCUT2D eigenvalue weighted by Crippen LogP contribution is 2.29. The average Bonchev–Trinajstić information content (AvgIpc) is 3.36. The van der Waals surface area contributed by atoms with Crippen molar-refractivity contribution in [1.82, 2.24) is 15.1 Å². The number of anilines is 1. The zero-order valence-electron chi connectivity index (χ0n) is 16.7. The maximum Gasteiger partial charge on any atom is 0.276 e. The molecule has 30 heavy (non-hydrogen) atoms. The Kier molecular flexibility index (Phi) is 5.61. The lowest BCUT2D eigenvalue weighted by Gasteiger charge is -2.07. The molecule has 1 heterocycles. The van der Waals surface area contributed by atoms with Crippen molar-refractivity contribution in [1.29, 1.82) is 0 Å². The number of amides is 2. The van der Waals surface area contributed by atoms with Crippen molar-refractivity contribution in [3.05, 3.63) is 76.9 Å². The van der Waals surface area contributed by atoms with Gasteiger partial charge in [-0.15, -0.1) is 0 Å². The second-order valence-corrected chi connectivity index (χ2v) is 7.28. The Balaban J connectivity index is 1.55. The van der Waals surface area contributed by atoms with Crippen LogP contribution in [0.4, 0.5) is 10.1 Å². The molecule has 154 valence electrons. The van der Waals surface area contributed by atoms with Gasteiger partial charge in [-0.25, -0.2) is 9.07 Å². The van der Waals surface area contributed by atoms with E-state index < -0.39 is 0 Å². The highest BCUT2D eigenvalue weighted by atomic mass is 19.1. The van der Waals surface area contributed by atoms with E-state index >= 15 is 0 Å². The van der Waals surface area contributed by atoms with Gasteiger partial charge in [0.05, 0.1) is 0 Å². The quantitative estimate of drug-likeness (QED) is 0.652. The predicted molar refractivity (Wildman–Crippen MR) is 113 cm³/mol. The van der Waals surface area contributed by atoms with E-state index in [9.17, 15) is 14.0 Å². The molecule has 6 nitrogen and oxygen atoms in total. The van der Waals surface area contributed by atoms with Crippen molar-refractivity contribution in [3.8, 4) is 5.69 Å². The van der Waals surface area contributed by atoms with E-state index in [1.54, 1.807) is 47.1 Å². The van der Waals surface area contributed by atoms with Crippen LogP contribution in [0, 0.1) is 5.82 Å². The van der Waals surface area contributed by atoms with E-state index in [0.29, 0.717) is 29.2 Å². The SMILES string of the molecule is CCCNC(=O)c1ccc(NC(=O)c2nn(-c3ccccc3F)c3c2CCC3)cc1. The molecule has 0 saturated carbocycles. The summed E-state index contributed by atoms with van der Waals surface area (Å²) in [6.07, 6.45) is 3.27. The number of halogens is 1. The van der Waals surface area contributed by atoms with Gasteiger partial charge in [-0.2, -0.15) is 5.10 Å². The number of rotatable bonds is 6. The number of fused-ring (bicyclic) bond motifs is 1. The molecular weight excluding hydrogens is 383 g/mol. The fourth-order valence-corrected chi connectivity index (χ4v) is 3.68. The highest BCUT2D eigenvalue weighted by Gasteiger charge is 2.27. The first-order chi connectivity index (χ1) is 14.6. The molecule has 1 aliphatic carbocycles. The maximum atomic E-state index is 14.3. The van der Waals surface area contributed by atoms with Crippen LogP contribution in [0.2, 0.25) is 0 Å². The van der Waals surface area contributed by atoms with Crippen LogP contribution in [0.5, 0.6) is 0 Å². The summed E-state index contributed by atoms with van der Waals surface area (Å²) in [4.78, 5) is 24.9. The van der Waals surface area contributed by atoms with Gasteiger partial charge in [0.25, 0.3) is 11.8 Å². The molecule has 4 rings (SSSR count). The molecule has 0 bridgehead atoms. The van der Waals surface area contributed by atoms with Gasteiger partial charge >= 0.3 is 0 Å². The minimum absolute atomic E-state index is 0.142. The first-order valence-electron chi connectivity index (χ1n) is 10.1. The summed E-state index contributed by atoms with van der Waals surface area (Å²) in [5.41, 5.74) is 3.51. The zero-order valence-corrected chi connectivity index (χ0v) is 16.7. The van der Waals surface area contributed by atoms with Crippen molar-refractivity contribution in [2.45, 2.75) is 32.6 Å². The van der Waals surface area contributed by atoms with Gasteiger partial charge in [-0.1, -0.05) is 19.1 Å². The van der Waals surface area contributed by atoms with E-state index in [4.69, 9.17) is 0 Å². The van der Waals surface area contributed by atoms with Gasteiger partial charge in [0.15, 0.2) is 5.69 Å². The Morgan fingerprint density at radius 2 is 1.83 bits per heavy atom. The van der Waals surface area contributed by atoms with Crippen LogP contribution >= 0.6 is 0 Å². The minimum atomic E-state index is -0.376. The number of carbonyl (C=O) groups excluding carboxylic acids is 2. The standard InChI is InChI=1S/C23H23FN4O2/c1-2-14-25-22(29)15-10-12-16(13-11-15)26-23(30)21-17-6-5-9-19(17)28(27-21)20-8-4-3-7-18(20)24/h3-4,7-8,10-13H,2,5-6,9,14H2,1H3,(H,25,29)(H,26,30). The average molecular weight is 406 g/mol. The Bertz CT molecular complexity index is 1090. The van der Waals surface area contributed by atoms with Crippen LogP contribution in [0.15, 0.2) is 48.5 Å². The molecule has 2 N–H and O–H groups in total. The number of nitrogens with zero attached hydrogens (tertiary/aromatic N) is 2. The van der Waals surface area contributed by atoms with E-state index in [1.807, 2.05) is 6.92 Å². The van der Waals surface area contributed by atoms with E-state index in [1.165, 1.54) is 6.07 Å². The number of para-hydroxylation sites is 1. The molecule has 0 aliphatic heterocycles. The van der Waals surface area contributed by atoms with Gasteiger partial charge in [-0.3, -0.25) is 9.59 Å². The Hall–Kier alpha value is -3.48. The molecule has 3 aromatic rings. The molecule has 0 radical (unpaired) electrons. The van der Waals surface area contributed by atoms with Crippen LogP contribution in [0.25, 0.3) is 5.69 Å². The lowest BCUT2D eigenvalue weighted by atomic mass is 10.1. The zero-order chi connectivity index (χ0) is 21.1. The van der Waals surface area contributed by atoms with Crippen LogP contribution in [0.1, 0.15) is 51.9 Å². The normalized spacial score (nSPS) is 12.5. The number of aromatic nitrogens is 2. The molecule has 0 atom stereocenters. The fourth-order valence-electron chi connectivity index (χ4n) is 3.68. The molecular formula is C23H23FN4O2. The minimum Gasteiger partial charge on any atom is -0.352 e.